The van der Waals surface area contributed by atoms with Gasteiger partial charge in [-0.2, -0.15) is 5.10 Å². The van der Waals surface area contributed by atoms with Gasteiger partial charge in [0.15, 0.2) is 5.96 Å². The van der Waals surface area contributed by atoms with E-state index in [1.807, 2.05) is 41.2 Å². The Balaban J connectivity index is 0.00000312. The Morgan fingerprint density at radius 1 is 1.20 bits per heavy atom. The molecule has 1 aromatic heterocycles. The van der Waals surface area contributed by atoms with Gasteiger partial charge in [-0.05, 0) is 43.2 Å². The van der Waals surface area contributed by atoms with E-state index < -0.39 is 0 Å². The Kier molecular flexibility index (Phi) is 8.74. The molecule has 7 heteroatoms. The molecule has 2 aromatic rings. The van der Waals surface area contributed by atoms with Gasteiger partial charge in [0.1, 0.15) is 5.75 Å². The van der Waals surface area contributed by atoms with Crippen molar-refractivity contribution in [2.45, 2.75) is 33.4 Å². The van der Waals surface area contributed by atoms with Crippen LogP contribution in [0.3, 0.4) is 0 Å². The molecular formula is C18H28IN5O. The fourth-order valence-corrected chi connectivity index (χ4v) is 2.09. The third kappa shape index (κ3) is 6.22. The number of hydrogen-bond acceptors (Lipinski definition) is 3. The van der Waals surface area contributed by atoms with E-state index in [0.717, 1.165) is 23.1 Å². The highest BCUT2D eigenvalue weighted by atomic mass is 127. The quantitative estimate of drug-likeness (QED) is 0.398. The van der Waals surface area contributed by atoms with Crippen LogP contribution in [0.15, 0.2) is 41.5 Å². The number of methoxy groups -OCH3 is 1. The highest BCUT2D eigenvalue weighted by Crippen LogP contribution is 2.14. The van der Waals surface area contributed by atoms with Gasteiger partial charge in [0, 0.05) is 19.3 Å². The normalized spacial score (nSPS) is 12.5. The second kappa shape index (κ2) is 10.3. The number of rotatable bonds is 6. The molecule has 0 saturated heterocycles. The van der Waals surface area contributed by atoms with Crippen LogP contribution in [0.5, 0.6) is 5.75 Å². The van der Waals surface area contributed by atoms with E-state index in [4.69, 9.17) is 4.74 Å². The van der Waals surface area contributed by atoms with Crippen LogP contribution in [0, 0.1) is 5.92 Å². The van der Waals surface area contributed by atoms with E-state index in [1.165, 1.54) is 0 Å². The van der Waals surface area contributed by atoms with Crippen LogP contribution >= 0.6 is 24.0 Å². The summed E-state index contributed by atoms with van der Waals surface area (Å²) in [4.78, 5) is 4.26. The summed E-state index contributed by atoms with van der Waals surface area (Å²) in [6, 6.07) is 10.2. The lowest BCUT2D eigenvalue weighted by Gasteiger charge is -2.20. The lowest BCUT2D eigenvalue weighted by Crippen LogP contribution is -2.43. The summed E-state index contributed by atoms with van der Waals surface area (Å²) in [5.41, 5.74) is 1.95. The van der Waals surface area contributed by atoms with E-state index in [2.05, 4.69) is 41.5 Å². The van der Waals surface area contributed by atoms with Gasteiger partial charge in [-0.15, -0.1) is 24.0 Å². The number of aromatic nitrogens is 2. The fraction of sp³-hybridized carbons (Fsp3) is 0.444. The molecule has 0 spiro atoms. The SMILES string of the molecule is CN=C(NCc1ccn(-c2ccc(OC)cc2)n1)NC(C)C(C)C.I. The second-order valence-corrected chi connectivity index (χ2v) is 6.05. The number of nitrogens with one attached hydrogen (secondary N) is 2. The van der Waals surface area contributed by atoms with Crippen LogP contribution in [0.1, 0.15) is 26.5 Å². The molecule has 1 aromatic carbocycles. The predicted molar refractivity (Wildman–Crippen MR) is 113 cm³/mol. The number of halogens is 1. The van der Waals surface area contributed by atoms with Gasteiger partial charge in [-0.3, -0.25) is 4.99 Å². The van der Waals surface area contributed by atoms with Crippen LogP contribution in [-0.4, -0.2) is 35.9 Å². The molecule has 1 atom stereocenters. The molecule has 1 unspecified atom stereocenters. The topological polar surface area (TPSA) is 63.5 Å². The molecule has 1 heterocycles. The van der Waals surface area contributed by atoms with Gasteiger partial charge in [-0.25, -0.2) is 4.68 Å². The molecule has 6 nitrogen and oxygen atoms in total. The largest absolute Gasteiger partial charge is 0.497 e. The zero-order valence-corrected chi connectivity index (χ0v) is 17.8. The van der Waals surface area contributed by atoms with Crippen molar-refractivity contribution in [3.63, 3.8) is 0 Å². The summed E-state index contributed by atoms with van der Waals surface area (Å²) in [5, 5.41) is 11.3. The standard InChI is InChI=1S/C18H27N5O.HI/c1-13(2)14(3)21-18(19-4)20-12-15-10-11-23(22-15)16-6-8-17(24-5)9-7-16;/h6-11,13-14H,12H2,1-5H3,(H2,19,20,21);1H. The first-order valence-corrected chi connectivity index (χ1v) is 8.19. The number of benzene rings is 1. The van der Waals surface area contributed by atoms with Crippen molar-refractivity contribution in [2.75, 3.05) is 14.2 Å². The molecule has 2 rings (SSSR count). The molecule has 0 aliphatic heterocycles. The smallest absolute Gasteiger partial charge is 0.191 e. The molecule has 0 aliphatic carbocycles. The minimum atomic E-state index is 0. The zero-order valence-electron chi connectivity index (χ0n) is 15.5. The van der Waals surface area contributed by atoms with E-state index >= 15 is 0 Å². The summed E-state index contributed by atoms with van der Waals surface area (Å²) >= 11 is 0. The van der Waals surface area contributed by atoms with Crippen molar-refractivity contribution in [1.29, 1.82) is 0 Å². The van der Waals surface area contributed by atoms with E-state index in [0.29, 0.717) is 18.5 Å². The van der Waals surface area contributed by atoms with Gasteiger partial charge in [0.25, 0.3) is 0 Å². The average Bonchev–Trinajstić information content (AvgIpc) is 3.07. The monoisotopic (exact) mass is 457 g/mol. The fourth-order valence-electron chi connectivity index (χ4n) is 2.09. The average molecular weight is 457 g/mol. The third-order valence-corrected chi connectivity index (χ3v) is 4.01. The number of nitrogens with zero attached hydrogens (tertiary/aromatic N) is 3. The number of guanidine groups is 1. The molecule has 0 amide bonds. The summed E-state index contributed by atoms with van der Waals surface area (Å²) in [6.45, 7) is 7.13. The van der Waals surface area contributed by atoms with Crippen LogP contribution < -0.4 is 15.4 Å². The van der Waals surface area contributed by atoms with Crippen molar-refractivity contribution in [3.05, 3.63) is 42.2 Å². The summed E-state index contributed by atoms with van der Waals surface area (Å²) in [6.07, 6.45) is 1.95. The maximum Gasteiger partial charge on any atom is 0.191 e. The van der Waals surface area contributed by atoms with Gasteiger partial charge in [0.2, 0.25) is 0 Å². The molecule has 0 aliphatic rings. The highest BCUT2D eigenvalue weighted by molar-refractivity contribution is 14.0. The molecule has 0 bridgehead atoms. The van der Waals surface area contributed by atoms with Crippen molar-refractivity contribution < 1.29 is 4.74 Å². The molecule has 2 N–H and O–H groups in total. The van der Waals surface area contributed by atoms with Gasteiger partial charge < -0.3 is 15.4 Å². The van der Waals surface area contributed by atoms with Crippen molar-refractivity contribution in [1.82, 2.24) is 20.4 Å². The van der Waals surface area contributed by atoms with Crippen molar-refractivity contribution in [2.24, 2.45) is 10.9 Å². The Morgan fingerprint density at radius 2 is 1.88 bits per heavy atom. The van der Waals surface area contributed by atoms with Gasteiger partial charge >= 0.3 is 0 Å². The first kappa shape index (κ1) is 21.3. The summed E-state index contributed by atoms with van der Waals surface area (Å²) in [7, 11) is 3.44. The minimum absolute atomic E-state index is 0. The third-order valence-electron chi connectivity index (χ3n) is 4.01. The lowest BCUT2D eigenvalue weighted by atomic mass is 10.1. The van der Waals surface area contributed by atoms with Crippen molar-refractivity contribution in [3.8, 4) is 11.4 Å². The van der Waals surface area contributed by atoms with Crippen LogP contribution in [-0.2, 0) is 6.54 Å². The molecular weight excluding hydrogens is 429 g/mol. The predicted octanol–water partition coefficient (Wildman–Crippen LogP) is 3.21. The maximum absolute atomic E-state index is 5.18. The Labute approximate surface area is 167 Å². The Bertz CT molecular complexity index is 666. The number of hydrogen-bond donors (Lipinski definition) is 2. The maximum atomic E-state index is 5.18. The summed E-state index contributed by atoms with van der Waals surface area (Å²) in [5.74, 6) is 2.16. The summed E-state index contributed by atoms with van der Waals surface area (Å²) < 4.78 is 7.03. The molecule has 138 valence electrons. The lowest BCUT2D eigenvalue weighted by molar-refractivity contribution is 0.414. The first-order valence-electron chi connectivity index (χ1n) is 8.19. The van der Waals surface area contributed by atoms with Crippen LogP contribution in [0.2, 0.25) is 0 Å². The van der Waals surface area contributed by atoms with Gasteiger partial charge in [-0.1, -0.05) is 13.8 Å². The Hall–Kier alpha value is -1.77. The number of aliphatic imine (C=N–C) groups is 1. The second-order valence-electron chi connectivity index (χ2n) is 6.05. The van der Waals surface area contributed by atoms with Gasteiger partial charge in [0.05, 0.1) is 25.0 Å². The molecule has 0 saturated carbocycles. The number of ether oxygens (including phenoxy) is 1. The minimum Gasteiger partial charge on any atom is -0.497 e. The molecule has 0 radical (unpaired) electrons. The van der Waals surface area contributed by atoms with E-state index in [1.54, 1.807) is 14.2 Å². The molecule has 25 heavy (non-hydrogen) atoms. The van der Waals surface area contributed by atoms with E-state index in [-0.39, 0.29) is 24.0 Å². The Morgan fingerprint density at radius 3 is 2.44 bits per heavy atom. The van der Waals surface area contributed by atoms with Crippen LogP contribution in [0.25, 0.3) is 5.69 Å². The van der Waals surface area contributed by atoms with E-state index in [9.17, 15) is 0 Å². The first-order chi connectivity index (χ1) is 11.5. The highest BCUT2D eigenvalue weighted by Gasteiger charge is 2.09. The zero-order chi connectivity index (χ0) is 17.5. The van der Waals surface area contributed by atoms with Crippen LogP contribution in [0.4, 0.5) is 0 Å². The van der Waals surface area contributed by atoms with Crippen molar-refractivity contribution >= 4 is 29.9 Å². The molecule has 0 fully saturated rings.